The Balaban J connectivity index is 2.73. The average molecular weight is 234 g/mol. The molecular weight excluding hydrogens is 212 g/mol. The monoisotopic (exact) mass is 234 g/mol. The molecule has 1 aromatic rings. The van der Waals surface area contributed by atoms with E-state index >= 15 is 0 Å². The van der Waals surface area contributed by atoms with E-state index in [2.05, 4.69) is 47.8 Å². The Labute approximate surface area is 104 Å². The standard InChI is InChI=1S/C13H22N4/c1-5-9-17(11(3)4)13-8-7-12(15-16-13)10-14-6-2/h5,7-8,11,14H,1,6,9-10H2,2-4H3. The Morgan fingerprint density at radius 2 is 2.18 bits per heavy atom. The summed E-state index contributed by atoms with van der Waals surface area (Å²) in [6.45, 7) is 12.6. The minimum Gasteiger partial charge on any atom is -0.349 e. The lowest BCUT2D eigenvalue weighted by Crippen LogP contribution is -2.31. The summed E-state index contributed by atoms with van der Waals surface area (Å²) in [7, 11) is 0. The third-order valence-electron chi connectivity index (χ3n) is 2.51. The molecule has 0 aromatic carbocycles. The summed E-state index contributed by atoms with van der Waals surface area (Å²) < 4.78 is 0. The second kappa shape index (κ2) is 7.01. The number of nitrogens with one attached hydrogen (secondary N) is 1. The molecule has 0 aliphatic heterocycles. The van der Waals surface area contributed by atoms with Crippen molar-refractivity contribution in [1.82, 2.24) is 15.5 Å². The van der Waals surface area contributed by atoms with Gasteiger partial charge in [0, 0.05) is 19.1 Å². The first kappa shape index (κ1) is 13.6. The predicted molar refractivity (Wildman–Crippen MR) is 72.1 cm³/mol. The van der Waals surface area contributed by atoms with Crippen molar-refractivity contribution in [3.05, 3.63) is 30.5 Å². The average Bonchev–Trinajstić information content (AvgIpc) is 2.34. The fourth-order valence-electron chi connectivity index (χ4n) is 1.56. The summed E-state index contributed by atoms with van der Waals surface area (Å²) >= 11 is 0. The molecule has 0 saturated carbocycles. The molecule has 1 heterocycles. The molecule has 0 atom stereocenters. The minimum atomic E-state index is 0.391. The molecule has 0 fully saturated rings. The topological polar surface area (TPSA) is 41.0 Å². The summed E-state index contributed by atoms with van der Waals surface area (Å²) in [5, 5.41) is 11.7. The fourth-order valence-corrected chi connectivity index (χ4v) is 1.56. The summed E-state index contributed by atoms with van der Waals surface area (Å²) in [4.78, 5) is 2.16. The van der Waals surface area contributed by atoms with Crippen LogP contribution in [0.4, 0.5) is 5.82 Å². The van der Waals surface area contributed by atoms with Gasteiger partial charge in [-0.25, -0.2) is 0 Å². The number of hydrogen-bond donors (Lipinski definition) is 1. The third kappa shape index (κ3) is 4.15. The Hall–Kier alpha value is -1.42. The largest absolute Gasteiger partial charge is 0.349 e. The number of aromatic nitrogens is 2. The second-order valence-corrected chi connectivity index (χ2v) is 4.20. The number of hydrogen-bond acceptors (Lipinski definition) is 4. The Morgan fingerprint density at radius 3 is 2.65 bits per heavy atom. The van der Waals surface area contributed by atoms with Crippen LogP contribution in [-0.4, -0.2) is 29.3 Å². The van der Waals surface area contributed by atoms with Crippen molar-refractivity contribution in [3.8, 4) is 0 Å². The molecule has 0 amide bonds. The van der Waals surface area contributed by atoms with Gasteiger partial charge in [0.2, 0.25) is 0 Å². The highest BCUT2D eigenvalue weighted by Gasteiger charge is 2.10. The van der Waals surface area contributed by atoms with Gasteiger partial charge in [-0.3, -0.25) is 0 Å². The van der Waals surface area contributed by atoms with E-state index in [-0.39, 0.29) is 0 Å². The lowest BCUT2D eigenvalue weighted by molar-refractivity contribution is 0.679. The Kier molecular flexibility index (Phi) is 5.63. The summed E-state index contributed by atoms with van der Waals surface area (Å²) in [6.07, 6.45) is 1.88. The third-order valence-corrected chi connectivity index (χ3v) is 2.51. The molecule has 1 N–H and O–H groups in total. The van der Waals surface area contributed by atoms with Gasteiger partial charge < -0.3 is 10.2 Å². The van der Waals surface area contributed by atoms with Gasteiger partial charge in [-0.15, -0.1) is 11.7 Å². The van der Waals surface area contributed by atoms with E-state index in [0.29, 0.717) is 6.04 Å². The molecule has 94 valence electrons. The molecular formula is C13H22N4. The van der Waals surface area contributed by atoms with Gasteiger partial charge >= 0.3 is 0 Å². The van der Waals surface area contributed by atoms with Gasteiger partial charge in [0.25, 0.3) is 0 Å². The van der Waals surface area contributed by atoms with Gasteiger partial charge in [-0.2, -0.15) is 5.10 Å². The first-order valence-electron chi connectivity index (χ1n) is 6.09. The molecule has 0 aliphatic rings. The van der Waals surface area contributed by atoms with Crippen LogP contribution in [0.25, 0.3) is 0 Å². The molecule has 0 unspecified atom stereocenters. The number of nitrogens with zero attached hydrogens (tertiary/aromatic N) is 3. The van der Waals surface area contributed by atoms with Crippen molar-refractivity contribution < 1.29 is 0 Å². The Bertz CT molecular complexity index is 332. The van der Waals surface area contributed by atoms with Crippen molar-refractivity contribution in [1.29, 1.82) is 0 Å². The first-order chi connectivity index (χ1) is 8.19. The van der Waals surface area contributed by atoms with Crippen molar-refractivity contribution >= 4 is 5.82 Å². The van der Waals surface area contributed by atoms with E-state index in [1.165, 1.54) is 0 Å². The first-order valence-corrected chi connectivity index (χ1v) is 6.09. The highest BCUT2D eigenvalue weighted by molar-refractivity contribution is 5.39. The van der Waals surface area contributed by atoms with Crippen LogP contribution < -0.4 is 10.2 Å². The zero-order chi connectivity index (χ0) is 12.7. The fraction of sp³-hybridized carbons (Fsp3) is 0.538. The molecule has 0 spiro atoms. The predicted octanol–water partition coefficient (Wildman–Crippen LogP) is 1.99. The van der Waals surface area contributed by atoms with E-state index in [0.717, 1.165) is 31.1 Å². The van der Waals surface area contributed by atoms with Crippen LogP contribution in [-0.2, 0) is 6.54 Å². The molecule has 0 saturated heterocycles. The van der Waals surface area contributed by atoms with E-state index in [4.69, 9.17) is 0 Å². The maximum absolute atomic E-state index is 4.26. The van der Waals surface area contributed by atoms with Crippen LogP contribution in [0.3, 0.4) is 0 Å². The molecule has 4 nitrogen and oxygen atoms in total. The second-order valence-electron chi connectivity index (χ2n) is 4.20. The SMILES string of the molecule is C=CCN(c1ccc(CNCC)nn1)C(C)C. The number of anilines is 1. The van der Waals surface area contributed by atoms with Gasteiger partial charge in [0.05, 0.1) is 5.69 Å². The molecule has 0 aliphatic carbocycles. The van der Waals surface area contributed by atoms with Gasteiger partial charge in [-0.05, 0) is 32.5 Å². The van der Waals surface area contributed by atoms with Crippen LogP contribution in [0.5, 0.6) is 0 Å². The van der Waals surface area contributed by atoms with Crippen molar-refractivity contribution in [2.45, 2.75) is 33.4 Å². The van der Waals surface area contributed by atoms with Crippen LogP contribution in [0.1, 0.15) is 26.5 Å². The number of rotatable bonds is 7. The normalized spacial score (nSPS) is 10.6. The van der Waals surface area contributed by atoms with Gasteiger partial charge in [-0.1, -0.05) is 13.0 Å². The summed E-state index contributed by atoms with van der Waals surface area (Å²) in [5.41, 5.74) is 0.970. The molecule has 1 aromatic heterocycles. The lowest BCUT2D eigenvalue weighted by Gasteiger charge is -2.25. The van der Waals surface area contributed by atoms with Crippen LogP contribution >= 0.6 is 0 Å². The Morgan fingerprint density at radius 1 is 1.41 bits per heavy atom. The minimum absolute atomic E-state index is 0.391. The smallest absolute Gasteiger partial charge is 0.151 e. The molecule has 17 heavy (non-hydrogen) atoms. The molecule has 0 radical (unpaired) electrons. The molecule has 1 rings (SSSR count). The maximum Gasteiger partial charge on any atom is 0.151 e. The van der Waals surface area contributed by atoms with Crippen LogP contribution in [0, 0.1) is 0 Å². The van der Waals surface area contributed by atoms with E-state index in [9.17, 15) is 0 Å². The van der Waals surface area contributed by atoms with Gasteiger partial charge in [0.1, 0.15) is 0 Å². The van der Waals surface area contributed by atoms with E-state index < -0.39 is 0 Å². The summed E-state index contributed by atoms with van der Waals surface area (Å²) in [6, 6.07) is 4.43. The van der Waals surface area contributed by atoms with Crippen LogP contribution in [0.15, 0.2) is 24.8 Å². The quantitative estimate of drug-likeness (QED) is 0.733. The van der Waals surface area contributed by atoms with Crippen molar-refractivity contribution in [2.24, 2.45) is 0 Å². The van der Waals surface area contributed by atoms with E-state index in [1.54, 1.807) is 0 Å². The molecule has 4 heteroatoms. The van der Waals surface area contributed by atoms with Gasteiger partial charge in [0.15, 0.2) is 5.82 Å². The van der Waals surface area contributed by atoms with Crippen molar-refractivity contribution in [2.75, 3.05) is 18.0 Å². The zero-order valence-corrected chi connectivity index (χ0v) is 11.0. The highest BCUT2D eigenvalue weighted by Crippen LogP contribution is 2.12. The van der Waals surface area contributed by atoms with Crippen molar-refractivity contribution in [3.63, 3.8) is 0 Å². The molecule has 0 bridgehead atoms. The lowest BCUT2D eigenvalue weighted by atomic mass is 10.3. The highest BCUT2D eigenvalue weighted by atomic mass is 15.3. The summed E-state index contributed by atoms with van der Waals surface area (Å²) in [5.74, 6) is 0.903. The maximum atomic E-state index is 4.26. The van der Waals surface area contributed by atoms with E-state index in [1.807, 2.05) is 18.2 Å². The zero-order valence-electron chi connectivity index (χ0n) is 11.0. The van der Waals surface area contributed by atoms with Crippen LogP contribution in [0.2, 0.25) is 0 Å².